The molecule has 6 heteroatoms. The second-order valence-electron chi connectivity index (χ2n) is 8.55. The van der Waals surface area contributed by atoms with Crippen LogP contribution in [0.5, 0.6) is 0 Å². The third-order valence-corrected chi connectivity index (χ3v) is 7.18. The van der Waals surface area contributed by atoms with Crippen molar-refractivity contribution < 1.29 is 9.18 Å². The maximum Gasteiger partial charge on any atom is 0.224 e. The zero-order valence-corrected chi connectivity index (χ0v) is 19.1. The lowest BCUT2D eigenvalue weighted by atomic mass is 9.94. The van der Waals surface area contributed by atoms with Gasteiger partial charge in [0.1, 0.15) is 5.82 Å². The number of carbonyl (C=O) groups excluding carboxylic acids is 1. The minimum Gasteiger partial charge on any atom is -0.343 e. The molecule has 0 saturated carbocycles. The van der Waals surface area contributed by atoms with Crippen LogP contribution in [0.15, 0.2) is 78.2 Å². The van der Waals surface area contributed by atoms with E-state index in [0.717, 1.165) is 54.6 Å². The molecule has 0 aliphatic carbocycles. The third-order valence-electron chi connectivity index (χ3n) is 6.32. The summed E-state index contributed by atoms with van der Waals surface area (Å²) >= 11 is 1.77. The summed E-state index contributed by atoms with van der Waals surface area (Å²) in [6, 6.07) is 22.0. The number of hydrogen-bond acceptors (Lipinski definition) is 4. The number of benzene rings is 2. The number of piperidine rings is 1. The van der Waals surface area contributed by atoms with E-state index in [1.807, 2.05) is 36.4 Å². The van der Waals surface area contributed by atoms with Crippen molar-refractivity contribution in [3.63, 3.8) is 0 Å². The molecule has 1 atom stereocenters. The van der Waals surface area contributed by atoms with E-state index in [1.165, 1.54) is 17.0 Å². The number of pyridine rings is 1. The molecule has 1 amide bonds. The molecule has 1 unspecified atom stereocenters. The Morgan fingerprint density at radius 3 is 2.58 bits per heavy atom. The van der Waals surface area contributed by atoms with Gasteiger partial charge in [-0.05, 0) is 67.2 Å². The largest absolute Gasteiger partial charge is 0.343 e. The molecule has 1 saturated heterocycles. The number of hydrogen-bond donors (Lipinski definition) is 1. The Bertz CT molecular complexity index is 1220. The van der Waals surface area contributed by atoms with E-state index in [1.54, 1.807) is 23.5 Å². The molecule has 1 N–H and O–H groups in total. The summed E-state index contributed by atoms with van der Waals surface area (Å²) < 4.78 is 13.6. The first kappa shape index (κ1) is 21.7. The topological polar surface area (TPSA) is 45.2 Å². The van der Waals surface area contributed by atoms with Gasteiger partial charge in [-0.3, -0.25) is 14.7 Å². The Hall–Kier alpha value is -3.09. The number of likely N-dealkylation sites (tertiary alicyclic amines) is 1. The number of nitrogens with zero attached hydrogens (tertiary/aromatic N) is 2. The molecule has 0 spiro atoms. The fourth-order valence-corrected chi connectivity index (χ4v) is 5.21. The summed E-state index contributed by atoms with van der Waals surface area (Å²) in [5, 5.41) is 6.37. The third kappa shape index (κ3) is 5.13. The number of fused-ring (bicyclic) bond motifs is 1. The Kier molecular flexibility index (Phi) is 6.46. The van der Waals surface area contributed by atoms with E-state index >= 15 is 0 Å². The Labute approximate surface area is 197 Å². The predicted octanol–water partition coefficient (Wildman–Crippen LogP) is 5.55. The van der Waals surface area contributed by atoms with Crippen molar-refractivity contribution in [2.24, 2.45) is 5.92 Å². The first-order valence-corrected chi connectivity index (χ1v) is 12.2. The van der Waals surface area contributed by atoms with Crippen molar-refractivity contribution in [3.05, 3.63) is 100 Å². The number of halogens is 1. The minimum atomic E-state index is -0.424. The van der Waals surface area contributed by atoms with Gasteiger partial charge in [-0.2, -0.15) is 0 Å². The van der Waals surface area contributed by atoms with Crippen LogP contribution in [0.4, 0.5) is 4.39 Å². The van der Waals surface area contributed by atoms with E-state index in [2.05, 4.69) is 27.7 Å². The summed E-state index contributed by atoms with van der Waals surface area (Å²) in [6.45, 7) is 2.77. The van der Waals surface area contributed by atoms with Gasteiger partial charge in [0.25, 0.3) is 0 Å². The van der Waals surface area contributed by atoms with Crippen LogP contribution in [-0.2, 0) is 11.3 Å². The SMILES string of the molecule is O=C(NC(c1ccc(F)cc1)c1ccc2ccccc2n1)C1CCN(Cc2cccs2)CC1. The quantitative estimate of drug-likeness (QED) is 0.411. The van der Waals surface area contributed by atoms with Gasteiger partial charge in [-0.1, -0.05) is 42.5 Å². The summed E-state index contributed by atoms with van der Waals surface area (Å²) in [4.78, 5) is 21.9. The highest BCUT2D eigenvalue weighted by Crippen LogP contribution is 2.26. The van der Waals surface area contributed by atoms with Crippen LogP contribution >= 0.6 is 11.3 Å². The highest BCUT2D eigenvalue weighted by atomic mass is 32.1. The van der Waals surface area contributed by atoms with Crippen molar-refractivity contribution in [1.29, 1.82) is 0 Å². The molecule has 3 heterocycles. The van der Waals surface area contributed by atoms with Crippen LogP contribution < -0.4 is 5.32 Å². The first-order valence-electron chi connectivity index (χ1n) is 11.3. The highest BCUT2D eigenvalue weighted by molar-refractivity contribution is 7.09. The van der Waals surface area contributed by atoms with Crippen LogP contribution in [0.1, 0.15) is 35.0 Å². The molecule has 0 bridgehead atoms. The number of amides is 1. The average molecular weight is 460 g/mol. The molecule has 1 fully saturated rings. The van der Waals surface area contributed by atoms with Crippen LogP contribution in [0, 0.1) is 11.7 Å². The van der Waals surface area contributed by atoms with Crippen LogP contribution in [-0.4, -0.2) is 28.9 Å². The molecule has 168 valence electrons. The zero-order valence-electron chi connectivity index (χ0n) is 18.3. The number of thiophene rings is 1. The van der Waals surface area contributed by atoms with Crippen molar-refractivity contribution in [2.75, 3.05) is 13.1 Å². The highest BCUT2D eigenvalue weighted by Gasteiger charge is 2.28. The van der Waals surface area contributed by atoms with E-state index < -0.39 is 6.04 Å². The standard InChI is InChI=1S/C27H26FN3OS/c28-22-10-7-20(8-11-22)26(25-12-9-19-4-1-2-6-24(19)29-25)30-27(32)21-13-15-31(16-14-21)18-23-5-3-17-33-23/h1-12,17,21,26H,13-16,18H2,(H,30,32). The van der Waals surface area contributed by atoms with Crippen LogP contribution in [0.2, 0.25) is 0 Å². The number of rotatable bonds is 6. The Balaban J connectivity index is 1.32. The molecular formula is C27H26FN3OS. The van der Waals surface area contributed by atoms with E-state index in [0.29, 0.717) is 0 Å². The Morgan fingerprint density at radius 2 is 1.82 bits per heavy atom. The number of aromatic nitrogens is 1. The molecule has 2 aromatic carbocycles. The maximum atomic E-state index is 13.6. The molecule has 1 aliphatic heterocycles. The van der Waals surface area contributed by atoms with Crippen molar-refractivity contribution in [2.45, 2.75) is 25.4 Å². The average Bonchev–Trinajstić information content (AvgIpc) is 3.36. The zero-order chi connectivity index (χ0) is 22.6. The number of para-hydroxylation sites is 1. The fraction of sp³-hybridized carbons (Fsp3) is 0.259. The molecule has 5 rings (SSSR count). The van der Waals surface area contributed by atoms with Gasteiger partial charge < -0.3 is 5.32 Å². The van der Waals surface area contributed by atoms with Gasteiger partial charge in [-0.25, -0.2) is 4.39 Å². The van der Waals surface area contributed by atoms with Crippen molar-refractivity contribution in [3.8, 4) is 0 Å². The van der Waals surface area contributed by atoms with E-state index in [-0.39, 0.29) is 17.6 Å². The van der Waals surface area contributed by atoms with Gasteiger partial charge in [0.15, 0.2) is 0 Å². The molecule has 33 heavy (non-hydrogen) atoms. The first-order chi connectivity index (χ1) is 16.2. The van der Waals surface area contributed by atoms with E-state index in [9.17, 15) is 9.18 Å². The fourth-order valence-electron chi connectivity index (χ4n) is 4.46. The smallest absolute Gasteiger partial charge is 0.224 e. The van der Waals surface area contributed by atoms with Crippen LogP contribution in [0.3, 0.4) is 0 Å². The molecule has 1 aliphatic rings. The lowest BCUT2D eigenvalue weighted by Gasteiger charge is -2.32. The van der Waals surface area contributed by atoms with Crippen molar-refractivity contribution in [1.82, 2.24) is 15.2 Å². The van der Waals surface area contributed by atoms with Gasteiger partial charge in [-0.15, -0.1) is 11.3 Å². The van der Waals surface area contributed by atoms with Gasteiger partial charge >= 0.3 is 0 Å². The molecule has 4 nitrogen and oxygen atoms in total. The van der Waals surface area contributed by atoms with Gasteiger partial charge in [0, 0.05) is 22.7 Å². The molecule has 0 radical (unpaired) electrons. The second-order valence-corrected chi connectivity index (χ2v) is 9.58. The van der Waals surface area contributed by atoms with Crippen LogP contribution in [0.25, 0.3) is 10.9 Å². The summed E-state index contributed by atoms with van der Waals surface area (Å²) in [5.41, 5.74) is 2.45. The van der Waals surface area contributed by atoms with E-state index in [4.69, 9.17) is 4.98 Å². The summed E-state index contributed by atoms with van der Waals surface area (Å²) in [7, 11) is 0. The monoisotopic (exact) mass is 459 g/mol. The van der Waals surface area contributed by atoms with Gasteiger partial charge in [0.05, 0.1) is 17.3 Å². The minimum absolute atomic E-state index is 0.0343. The molecular weight excluding hydrogens is 433 g/mol. The number of nitrogens with one attached hydrogen (secondary N) is 1. The lowest BCUT2D eigenvalue weighted by Crippen LogP contribution is -2.41. The summed E-state index contributed by atoms with van der Waals surface area (Å²) in [5.74, 6) is -0.295. The van der Waals surface area contributed by atoms with Crippen molar-refractivity contribution >= 4 is 28.1 Å². The second kappa shape index (κ2) is 9.81. The maximum absolute atomic E-state index is 13.6. The molecule has 2 aromatic heterocycles. The normalized spacial score (nSPS) is 16.0. The lowest BCUT2D eigenvalue weighted by molar-refractivity contribution is -0.127. The summed E-state index contributed by atoms with van der Waals surface area (Å²) in [6.07, 6.45) is 1.66. The predicted molar refractivity (Wildman–Crippen MR) is 130 cm³/mol. The Morgan fingerprint density at radius 1 is 1.03 bits per heavy atom. The van der Waals surface area contributed by atoms with Gasteiger partial charge in [0.2, 0.25) is 5.91 Å². The molecule has 4 aromatic rings. The number of carbonyl (C=O) groups is 1.